The number of amides is 1. The number of hydrogen-bond donors (Lipinski definition) is 3. The second kappa shape index (κ2) is 6.04. The lowest BCUT2D eigenvalue weighted by Gasteiger charge is -2.23. The van der Waals surface area contributed by atoms with Gasteiger partial charge in [-0.3, -0.25) is 4.79 Å². The van der Waals surface area contributed by atoms with Crippen LogP contribution < -0.4 is 15.8 Å². The summed E-state index contributed by atoms with van der Waals surface area (Å²) in [7, 11) is 1.62. The van der Waals surface area contributed by atoms with Crippen LogP contribution in [0.3, 0.4) is 0 Å². The number of nitrogens with two attached hydrogens (primary N) is 1. The first-order chi connectivity index (χ1) is 8.79. The first-order valence-electron chi connectivity index (χ1n) is 6.15. The van der Waals surface area contributed by atoms with E-state index in [0.29, 0.717) is 5.69 Å². The second-order valence-corrected chi connectivity index (χ2v) is 5.44. The molecule has 1 rings (SSSR count). The molecule has 1 atom stereocenters. The maximum Gasteiger partial charge on any atom is 0.243 e. The average Bonchev–Trinajstić information content (AvgIpc) is 2.36. The molecule has 0 fully saturated rings. The van der Waals surface area contributed by atoms with Crippen molar-refractivity contribution in [2.24, 2.45) is 5.73 Å². The molecule has 0 aliphatic rings. The molecule has 4 N–H and O–H groups in total. The van der Waals surface area contributed by atoms with E-state index >= 15 is 0 Å². The molecule has 0 spiro atoms. The lowest BCUT2D eigenvalue weighted by Crippen LogP contribution is -2.38. The van der Waals surface area contributed by atoms with Crippen LogP contribution in [0, 0.1) is 0 Å². The van der Waals surface area contributed by atoms with Crippen LogP contribution in [0.4, 0.5) is 5.69 Å². The summed E-state index contributed by atoms with van der Waals surface area (Å²) in [6.07, 6.45) is 0. The van der Waals surface area contributed by atoms with E-state index in [1.807, 2.05) is 6.07 Å². The van der Waals surface area contributed by atoms with Crippen LogP contribution in [-0.2, 0) is 10.2 Å². The van der Waals surface area contributed by atoms with Crippen molar-refractivity contribution in [1.29, 1.82) is 0 Å². The van der Waals surface area contributed by atoms with Crippen molar-refractivity contribution in [3.63, 3.8) is 0 Å². The van der Waals surface area contributed by atoms with Crippen molar-refractivity contribution in [2.75, 3.05) is 19.0 Å². The molecule has 0 saturated heterocycles. The molecule has 0 saturated carbocycles. The number of hydrogen-bond acceptors (Lipinski definition) is 4. The summed E-state index contributed by atoms with van der Waals surface area (Å²) in [5.41, 5.74) is 6.98. The molecule has 0 aliphatic carbocycles. The molecule has 1 aromatic rings. The summed E-state index contributed by atoms with van der Waals surface area (Å²) >= 11 is 0. The molecule has 19 heavy (non-hydrogen) atoms. The number of nitrogens with one attached hydrogen (secondary N) is 1. The van der Waals surface area contributed by atoms with E-state index in [4.69, 9.17) is 15.6 Å². The molecular weight excluding hydrogens is 244 g/mol. The van der Waals surface area contributed by atoms with E-state index in [0.717, 1.165) is 11.3 Å². The van der Waals surface area contributed by atoms with Crippen molar-refractivity contribution in [1.82, 2.24) is 0 Å². The van der Waals surface area contributed by atoms with Gasteiger partial charge in [0.05, 0.1) is 13.7 Å². The zero-order valence-corrected chi connectivity index (χ0v) is 11.9. The molecule has 0 aromatic heterocycles. The van der Waals surface area contributed by atoms with Crippen LogP contribution in [0.1, 0.15) is 26.3 Å². The van der Waals surface area contributed by atoms with Gasteiger partial charge in [0, 0.05) is 11.3 Å². The predicted molar refractivity (Wildman–Crippen MR) is 75.4 cm³/mol. The van der Waals surface area contributed by atoms with Crippen LogP contribution in [0.2, 0.25) is 0 Å². The van der Waals surface area contributed by atoms with Gasteiger partial charge in [-0.15, -0.1) is 0 Å². The van der Waals surface area contributed by atoms with E-state index in [1.54, 1.807) is 19.2 Å². The van der Waals surface area contributed by atoms with Gasteiger partial charge in [0.25, 0.3) is 0 Å². The van der Waals surface area contributed by atoms with Gasteiger partial charge < -0.3 is 20.9 Å². The third-order valence-corrected chi connectivity index (χ3v) is 2.81. The molecule has 5 heteroatoms. The van der Waals surface area contributed by atoms with Gasteiger partial charge in [-0.05, 0) is 23.6 Å². The highest BCUT2D eigenvalue weighted by atomic mass is 16.5. The Morgan fingerprint density at radius 2 is 2.11 bits per heavy atom. The Balaban J connectivity index is 3.02. The fourth-order valence-corrected chi connectivity index (χ4v) is 1.69. The zero-order valence-electron chi connectivity index (χ0n) is 11.9. The van der Waals surface area contributed by atoms with Gasteiger partial charge in [0.15, 0.2) is 0 Å². The zero-order chi connectivity index (χ0) is 14.6. The summed E-state index contributed by atoms with van der Waals surface area (Å²) in [6, 6.07) is 4.50. The highest BCUT2D eigenvalue weighted by molar-refractivity contribution is 5.94. The molecule has 1 amide bonds. The summed E-state index contributed by atoms with van der Waals surface area (Å²) in [4.78, 5) is 11.6. The maximum atomic E-state index is 11.6. The fraction of sp³-hybridized carbons (Fsp3) is 0.500. The first kappa shape index (κ1) is 15.5. The van der Waals surface area contributed by atoms with Crippen LogP contribution in [0.15, 0.2) is 18.2 Å². The SMILES string of the molecule is COc1ccc(NC(=O)C(N)CO)cc1C(C)(C)C. The molecule has 0 bridgehead atoms. The van der Waals surface area contributed by atoms with E-state index in [1.165, 1.54) is 0 Å². The molecular formula is C14H22N2O3. The Bertz CT molecular complexity index is 452. The summed E-state index contributed by atoms with van der Waals surface area (Å²) < 4.78 is 5.32. The fourth-order valence-electron chi connectivity index (χ4n) is 1.69. The van der Waals surface area contributed by atoms with Gasteiger partial charge >= 0.3 is 0 Å². The largest absolute Gasteiger partial charge is 0.496 e. The number of carbonyl (C=O) groups excluding carboxylic acids is 1. The molecule has 1 aromatic carbocycles. The van der Waals surface area contributed by atoms with E-state index in [2.05, 4.69) is 26.1 Å². The van der Waals surface area contributed by atoms with E-state index in [-0.39, 0.29) is 12.0 Å². The number of anilines is 1. The van der Waals surface area contributed by atoms with Crippen LogP contribution >= 0.6 is 0 Å². The molecule has 0 aliphatic heterocycles. The minimum Gasteiger partial charge on any atom is -0.496 e. The van der Waals surface area contributed by atoms with Gasteiger partial charge in [0.2, 0.25) is 5.91 Å². The normalized spacial score (nSPS) is 12.9. The van der Waals surface area contributed by atoms with Crippen molar-refractivity contribution >= 4 is 11.6 Å². The number of rotatable bonds is 4. The highest BCUT2D eigenvalue weighted by Crippen LogP contribution is 2.33. The Morgan fingerprint density at radius 3 is 2.58 bits per heavy atom. The monoisotopic (exact) mass is 266 g/mol. The Kier molecular flexibility index (Phi) is 4.91. The number of ether oxygens (including phenoxy) is 1. The third-order valence-electron chi connectivity index (χ3n) is 2.81. The van der Waals surface area contributed by atoms with Crippen LogP contribution in [0.25, 0.3) is 0 Å². The summed E-state index contributed by atoms with van der Waals surface area (Å²) in [5, 5.41) is 11.5. The lowest BCUT2D eigenvalue weighted by atomic mass is 9.86. The van der Waals surface area contributed by atoms with Crippen LogP contribution in [0.5, 0.6) is 5.75 Å². The van der Waals surface area contributed by atoms with Gasteiger partial charge in [-0.25, -0.2) is 0 Å². The number of carbonyl (C=O) groups is 1. The van der Waals surface area contributed by atoms with Crippen LogP contribution in [-0.4, -0.2) is 30.8 Å². The van der Waals surface area contributed by atoms with E-state index in [9.17, 15) is 4.79 Å². The smallest absolute Gasteiger partial charge is 0.243 e. The predicted octanol–water partition coefficient (Wildman–Crippen LogP) is 1.25. The Hall–Kier alpha value is -1.59. The Morgan fingerprint density at radius 1 is 1.47 bits per heavy atom. The molecule has 0 radical (unpaired) electrons. The summed E-state index contributed by atoms with van der Waals surface area (Å²) in [6.45, 7) is 5.82. The first-order valence-corrected chi connectivity index (χ1v) is 6.15. The second-order valence-electron chi connectivity index (χ2n) is 5.44. The van der Waals surface area contributed by atoms with Crippen molar-refractivity contribution in [3.8, 4) is 5.75 Å². The quantitative estimate of drug-likeness (QED) is 0.765. The average molecular weight is 266 g/mol. The highest BCUT2D eigenvalue weighted by Gasteiger charge is 2.20. The maximum absolute atomic E-state index is 11.6. The molecule has 5 nitrogen and oxygen atoms in total. The van der Waals surface area contributed by atoms with E-state index < -0.39 is 11.9 Å². The third kappa shape index (κ3) is 3.94. The number of benzene rings is 1. The van der Waals surface area contributed by atoms with Gasteiger partial charge in [-0.2, -0.15) is 0 Å². The standard InChI is InChI=1S/C14H22N2O3/c1-14(2,3)10-7-9(5-6-12(10)19-4)16-13(18)11(15)8-17/h5-7,11,17H,8,15H2,1-4H3,(H,16,18). The van der Waals surface area contributed by atoms with Crippen molar-refractivity contribution in [3.05, 3.63) is 23.8 Å². The summed E-state index contributed by atoms with van der Waals surface area (Å²) in [5.74, 6) is 0.365. The Labute approximate surface area is 113 Å². The topological polar surface area (TPSA) is 84.6 Å². The number of methoxy groups -OCH3 is 1. The number of aliphatic hydroxyl groups excluding tert-OH is 1. The molecule has 0 heterocycles. The van der Waals surface area contributed by atoms with Gasteiger partial charge in [-0.1, -0.05) is 20.8 Å². The minimum atomic E-state index is -0.916. The number of aliphatic hydroxyl groups is 1. The lowest BCUT2D eigenvalue weighted by molar-refractivity contribution is -0.118. The van der Waals surface area contributed by atoms with Gasteiger partial charge in [0.1, 0.15) is 11.8 Å². The van der Waals surface area contributed by atoms with Crippen molar-refractivity contribution < 1.29 is 14.6 Å². The minimum absolute atomic E-state index is 0.106. The molecule has 106 valence electrons. The molecule has 1 unspecified atom stereocenters. The van der Waals surface area contributed by atoms with Crippen molar-refractivity contribution in [2.45, 2.75) is 32.2 Å².